The minimum Gasteiger partial charge on any atom is -0.350 e. The van der Waals surface area contributed by atoms with Gasteiger partial charge in [-0.25, -0.2) is 0 Å². The van der Waals surface area contributed by atoms with Crippen molar-refractivity contribution in [2.45, 2.75) is 10.8 Å². The van der Waals surface area contributed by atoms with Crippen LogP contribution in [0.25, 0.3) is 10.9 Å². The standard InChI is InChI=1S/C15H11Cl2NS/c16-12-6-11-7-15(18-14(11)8-13(12)17)19-9-10-4-2-1-3-5-10/h1-8,18H,9H2. The number of hydrogen-bond acceptors (Lipinski definition) is 1. The lowest BCUT2D eigenvalue weighted by Gasteiger charge is -1.98. The van der Waals surface area contributed by atoms with E-state index in [4.69, 9.17) is 23.2 Å². The topological polar surface area (TPSA) is 15.8 Å². The SMILES string of the molecule is Clc1cc2cc(SCc3ccccc3)[nH]c2cc1Cl. The highest BCUT2D eigenvalue weighted by Gasteiger charge is 2.05. The van der Waals surface area contributed by atoms with Crippen LogP contribution in [0.1, 0.15) is 5.56 Å². The van der Waals surface area contributed by atoms with Gasteiger partial charge >= 0.3 is 0 Å². The number of nitrogens with one attached hydrogen (secondary N) is 1. The van der Waals surface area contributed by atoms with Crippen molar-refractivity contribution in [3.8, 4) is 0 Å². The number of aromatic amines is 1. The maximum atomic E-state index is 6.02. The van der Waals surface area contributed by atoms with Crippen LogP contribution in [0.5, 0.6) is 0 Å². The summed E-state index contributed by atoms with van der Waals surface area (Å²) in [5, 5.41) is 3.38. The van der Waals surface area contributed by atoms with Gasteiger partial charge in [0.25, 0.3) is 0 Å². The normalized spacial score (nSPS) is 11.1. The van der Waals surface area contributed by atoms with Gasteiger partial charge in [-0.05, 0) is 23.8 Å². The van der Waals surface area contributed by atoms with E-state index in [0.717, 1.165) is 21.7 Å². The van der Waals surface area contributed by atoms with Crippen molar-refractivity contribution < 1.29 is 0 Å². The first-order valence-electron chi connectivity index (χ1n) is 5.87. The summed E-state index contributed by atoms with van der Waals surface area (Å²) in [5.74, 6) is 0.940. The molecule has 0 spiro atoms. The molecule has 1 nitrogen and oxygen atoms in total. The molecule has 1 aromatic heterocycles. The van der Waals surface area contributed by atoms with E-state index in [2.05, 4.69) is 35.3 Å². The van der Waals surface area contributed by atoms with E-state index in [1.807, 2.05) is 18.2 Å². The van der Waals surface area contributed by atoms with Gasteiger partial charge in [-0.3, -0.25) is 0 Å². The van der Waals surface area contributed by atoms with Gasteiger partial charge < -0.3 is 4.98 Å². The third-order valence-corrected chi connectivity index (χ3v) is 4.60. The Morgan fingerprint density at radius 3 is 2.47 bits per heavy atom. The summed E-state index contributed by atoms with van der Waals surface area (Å²) in [6.45, 7) is 0. The van der Waals surface area contributed by atoms with Crippen molar-refractivity contribution in [2.75, 3.05) is 0 Å². The third kappa shape index (κ3) is 2.92. The summed E-state index contributed by atoms with van der Waals surface area (Å²) in [4.78, 5) is 3.35. The van der Waals surface area contributed by atoms with Crippen LogP contribution in [0, 0.1) is 0 Å². The van der Waals surface area contributed by atoms with Gasteiger partial charge in [0.1, 0.15) is 0 Å². The highest BCUT2D eigenvalue weighted by atomic mass is 35.5. The Bertz CT molecular complexity index is 668. The van der Waals surface area contributed by atoms with Crippen LogP contribution in [0.4, 0.5) is 0 Å². The molecule has 0 aliphatic carbocycles. The van der Waals surface area contributed by atoms with E-state index in [0.29, 0.717) is 10.0 Å². The Hall–Kier alpha value is -1.09. The van der Waals surface area contributed by atoms with Gasteiger partial charge in [0, 0.05) is 16.7 Å². The minimum absolute atomic E-state index is 0.579. The quantitative estimate of drug-likeness (QED) is 0.608. The molecule has 3 rings (SSSR count). The average molecular weight is 308 g/mol. The molecule has 0 atom stereocenters. The highest BCUT2D eigenvalue weighted by molar-refractivity contribution is 7.98. The van der Waals surface area contributed by atoms with E-state index in [9.17, 15) is 0 Å². The molecule has 0 unspecified atom stereocenters. The molecule has 0 saturated heterocycles. The second kappa shape index (κ2) is 5.49. The lowest BCUT2D eigenvalue weighted by atomic mass is 10.2. The summed E-state index contributed by atoms with van der Waals surface area (Å²) in [7, 11) is 0. The summed E-state index contributed by atoms with van der Waals surface area (Å²) in [6.07, 6.45) is 0. The number of aromatic nitrogens is 1. The summed E-state index contributed by atoms with van der Waals surface area (Å²) < 4.78 is 0. The molecule has 2 aromatic carbocycles. The molecule has 0 saturated carbocycles. The van der Waals surface area contributed by atoms with E-state index in [-0.39, 0.29) is 0 Å². The molecule has 4 heteroatoms. The zero-order valence-corrected chi connectivity index (χ0v) is 12.3. The summed E-state index contributed by atoms with van der Waals surface area (Å²) in [5.41, 5.74) is 2.33. The van der Waals surface area contributed by atoms with Crippen LogP contribution in [-0.4, -0.2) is 4.98 Å². The smallest absolute Gasteiger partial charge is 0.0735 e. The lowest BCUT2D eigenvalue weighted by Crippen LogP contribution is -1.78. The molecular weight excluding hydrogens is 297 g/mol. The monoisotopic (exact) mass is 307 g/mol. The maximum absolute atomic E-state index is 6.02. The Kier molecular flexibility index (Phi) is 3.74. The van der Waals surface area contributed by atoms with Crippen molar-refractivity contribution in [2.24, 2.45) is 0 Å². The third-order valence-electron chi connectivity index (χ3n) is 2.87. The molecular formula is C15H11Cl2NS. The Morgan fingerprint density at radius 1 is 0.947 bits per heavy atom. The largest absolute Gasteiger partial charge is 0.350 e. The number of halogens is 2. The van der Waals surface area contributed by atoms with E-state index in [1.54, 1.807) is 11.8 Å². The first-order valence-corrected chi connectivity index (χ1v) is 7.61. The van der Waals surface area contributed by atoms with Gasteiger partial charge in [0.2, 0.25) is 0 Å². The van der Waals surface area contributed by atoms with Gasteiger partial charge in [0.05, 0.1) is 15.1 Å². The molecule has 0 aliphatic heterocycles. The first-order chi connectivity index (χ1) is 9.22. The van der Waals surface area contributed by atoms with Crippen molar-refractivity contribution in [3.05, 3.63) is 64.1 Å². The molecule has 0 amide bonds. The van der Waals surface area contributed by atoms with E-state index < -0.39 is 0 Å². The molecule has 1 N–H and O–H groups in total. The molecule has 0 bridgehead atoms. The Balaban J connectivity index is 1.82. The highest BCUT2D eigenvalue weighted by Crippen LogP contribution is 2.31. The lowest BCUT2D eigenvalue weighted by molar-refractivity contribution is 1.23. The predicted octanol–water partition coefficient (Wildman–Crippen LogP) is 5.77. The van der Waals surface area contributed by atoms with Crippen LogP contribution in [0.15, 0.2) is 53.6 Å². The molecule has 19 heavy (non-hydrogen) atoms. The maximum Gasteiger partial charge on any atom is 0.0735 e. The van der Waals surface area contributed by atoms with Gasteiger partial charge in [-0.1, -0.05) is 53.5 Å². The number of thioether (sulfide) groups is 1. The van der Waals surface area contributed by atoms with Crippen molar-refractivity contribution >= 4 is 45.9 Å². The van der Waals surface area contributed by atoms with Crippen LogP contribution < -0.4 is 0 Å². The van der Waals surface area contributed by atoms with Crippen molar-refractivity contribution in [1.29, 1.82) is 0 Å². The molecule has 0 radical (unpaired) electrons. The van der Waals surface area contributed by atoms with Crippen LogP contribution >= 0.6 is 35.0 Å². The fourth-order valence-electron chi connectivity index (χ4n) is 1.91. The number of hydrogen-bond donors (Lipinski definition) is 1. The van der Waals surface area contributed by atoms with E-state index >= 15 is 0 Å². The van der Waals surface area contributed by atoms with Gasteiger partial charge in [0.15, 0.2) is 0 Å². The van der Waals surface area contributed by atoms with Crippen LogP contribution in [-0.2, 0) is 5.75 Å². The summed E-state index contributed by atoms with van der Waals surface area (Å²) in [6, 6.07) is 16.3. The second-order valence-corrected chi connectivity index (χ2v) is 6.09. The average Bonchev–Trinajstić information content (AvgIpc) is 2.80. The fourth-order valence-corrected chi connectivity index (χ4v) is 3.16. The zero-order chi connectivity index (χ0) is 13.2. The molecule has 3 aromatic rings. The van der Waals surface area contributed by atoms with Gasteiger partial charge in [-0.15, -0.1) is 11.8 Å². The van der Waals surface area contributed by atoms with Crippen LogP contribution in [0.2, 0.25) is 10.0 Å². The zero-order valence-electron chi connectivity index (χ0n) is 9.99. The second-order valence-electron chi connectivity index (χ2n) is 4.26. The Morgan fingerprint density at radius 2 is 1.68 bits per heavy atom. The van der Waals surface area contributed by atoms with Crippen LogP contribution in [0.3, 0.4) is 0 Å². The molecule has 0 fully saturated rings. The minimum atomic E-state index is 0.579. The van der Waals surface area contributed by atoms with Crippen molar-refractivity contribution in [1.82, 2.24) is 4.98 Å². The van der Waals surface area contributed by atoms with E-state index in [1.165, 1.54) is 5.56 Å². The van der Waals surface area contributed by atoms with Gasteiger partial charge in [-0.2, -0.15) is 0 Å². The predicted molar refractivity (Wildman–Crippen MR) is 84.3 cm³/mol. The number of rotatable bonds is 3. The molecule has 1 heterocycles. The number of benzene rings is 2. The molecule has 0 aliphatic rings. The summed E-state index contributed by atoms with van der Waals surface area (Å²) >= 11 is 13.8. The number of fused-ring (bicyclic) bond motifs is 1. The molecule has 96 valence electrons. The van der Waals surface area contributed by atoms with Crippen molar-refractivity contribution in [3.63, 3.8) is 0 Å². The number of H-pyrrole nitrogens is 1. The fraction of sp³-hybridized carbons (Fsp3) is 0.0667. The first kappa shape index (κ1) is 12.9. The Labute approximate surface area is 125 Å².